The standard InChI is InChI=1S/C27H32N2O5/c30-26(14-11-20-5-1-2-6-20)28-23(27(31)32)19-21-9-12-22(13-10-21)34-25-8-4-3-7-24(25)29-15-17-33-18-16-29/h3-4,7-10,12-13,19-20H,1-2,5-6,11,14-18H2,(H,28,30)(H,31,32). The predicted molar refractivity (Wildman–Crippen MR) is 131 cm³/mol. The number of carboxylic acid groups (broad SMARTS) is 1. The largest absolute Gasteiger partial charge is 0.477 e. The molecule has 2 aromatic carbocycles. The first-order chi connectivity index (χ1) is 16.6. The first kappa shape index (κ1) is 23.8. The molecule has 7 heteroatoms. The van der Waals surface area contributed by atoms with Gasteiger partial charge < -0.3 is 24.8 Å². The average molecular weight is 465 g/mol. The Bertz CT molecular complexity index is 1010. The molecule has 2 aromatic rings. The zero-order valence-electron chi connectivity index (χ0n) is 19.4. The summed E-state index contributed by atoms with van der Waals surface area (Å²) in [5, 5.41) is 12.1. The molecule has 2 N–H and O–H groups in total. The molecule has 180 valence electrons. The molecular weight excluding hydrogens is 432 g/mol. The molecule has 1 saturated heterocycles. The fourth-order valence-corrected chi connectivity index (χ4v) is 4.53. The van der Waals surface area contributed by atoms with Crippen LogP contribution in [0.3, 0.4) is 0 Å². The summed E-state index contributed by atoms with van der Waals surface area (Å²) in [6, 6.07) is 15.0. The number of aliphatic carboxylic acids is 1. The van der Waals surface area contributed by atoms with E-state index >= 15 is 0 Å². The van der Waals surface area contributed by atoms with Crippen molar-refractivity contribution in [3.63, 3.8) is 0 Å². The normalized spacial score (nSPS) is 16.9. The molecule has 0 unspecified atom stereocenters. The number of carboxylic acids is 1. The van der Waals surface area contributed by atoms with Gasteiger partial charge in [-0.3, -0.25) is 4.79 Å². The van der Waals surface area contributed by atoms with Gasteiger partial charge in [0.1, 0.15) is 11.4 Å². The van der Waals surface area contributed by atoms with Crippen LogP contribution in [0.4, 0.5) is 5.69 Å². The Hall–Kier alpha value is -3.32. The molecule has 2 fully saturated rings. The number of nitrogens with zero attached hydrogens (tertiary/aromatic N) is 1. The Balaban J connectivity index is 1.39. The Morgan fingerprint density at radius 2 is 1.76 bits per heavy atom. The number of anilines is 1. The van der Waals surface area contributed by atoms with E-state index in [0.717, 1.165) is 30.9 Å². The number of morpholine rings is 1. The fraction of sp³-hybridized carbons (Fsp3) is 0.407. The van der Waals surface area contributed by atoms with Crippen molar-refractivity contribution in [1.82, 2.24) is 5.32 Å². The summed E-state index contributed by atoms with van der Waals surface area (Å²) in [6.45, 7) is 3.01. The van der Waals surface area contributed by atoms with Gasteiger partial charge in [0.2, 0.25) is 5.91 Å². The van der Waals surface area contributed by atoms with Crippen molar-refractivity contribution in [1.29, 1.82) is 0 Å². The lowest BCUT2D eigenvalue weighted by Gasteiger charge is -2.30. The van der Waals surface area contributed by atoms with Gasteiger partial charge in [0, 0.05) is 19.5 Å². The summed E-state index contributed by atoms with van der Waals surface area (Å²) < 4.78 is 11.6. The molecule has 1 amide bonds. The number of rotatable bonds is 9. The molecule has 1 aliphatic heterocycles. The van der Waals surface area contributed by atoms with Gasteiger partial charge in [-0.15, -0.1) is 0 Å². The lowest BCUT2D eigenvalue weighted by atomic mass is 10.0. The van der Waals surface area contributed by atoms with Gasteiger partial charge in [-0.25, -0.2) is 4.79 Å². The molecular formula is C27H32N2O5. The van der Waals surface area contributed by atoms with Crippen LogP contribution >= 0.6 is 0 Å². The van der Waals surface area contributed by atoms with E-state index in [1.807, 2.05) is 24.3 Å². The zero-order valence-corrected chi connectivity index (χ0v) is 19.4. The molecule has 0 radical (unpaired) electrons. The van der Waals surface area contributed by atoms with Crippen molar-refractivity contribution >= 4 is 23.6 Å². The molecule has 7 nitrogen and oxygen atoms in total. The molecule has 0 bridgehead atoms. The molecule has 2 aliphatic rings. The molecule has 1 aliphatic carbocycles. The third-order valence-electron chi connectivity index (χ3n) is 6.39. The summed E-state index contributed by atoms with van der Waals surface area (Å²) in [5.41, 5.74) is 1.56. The minimum Gasteiger partial charge on any atom is -0.477 e. The summed E-state index contributed by atoms with van der Waals surface area (Å²) in [5.74, 6) is 0.585. The van der Waals surface area contributed by atoms with E-state index < -0.39 is 5.97 Å². The van der Waals surface area contributed by atoms with Crippen molar-refractivity contribution in [3.8, 4) is 11.5 Å². The molecule has 0 spiro atoms. The maximum absolute atomic E-state index is 12.3. The second kappa shape index (κ2) is 11.7. The molecule has 4 rings (SSSR count). The van der Waals surface area contributed by atoms with Crippen LogP contribution in [0.15, 0.2) is 54.2 Å². The van der Waals surface area contributed by atoms with Crippen molar-refractivity contribution in [2.24, 2.45) is 5.92 Å². The SMILES string of the molecule is O=C(CCC1CCCC1)NC(=Cc1ccc(Oc2ccccc2N2CCOCC2)cc1)C(=O)O. The third kappa shape index (κ3) is 6.60. The quantitative estimate of drug-likeness (QED) is 0.517. The lowest BCUT2D eigenvalue weighted by molar-refractivity contribution is -0.134. The molecule has 0 atom stereocenters. The summed E-state index contributed by atoms with van der Waals surface area (Å²) >= 11 is 0. The van der Waals surface area contributed by atoms with E-state index in [9.17, 15) is 14.7 Å². The van der Waals surface area contributed by atoms with E-state index in [2.05, 4.69) is 10.2 Å². The summed E-state index contributed by atoms with van der Waals surface area (Å²) in [6.07, 6.45) is 7.43. The van der Waals surface area contributed by atoms with Gasteiger partial charge >= 0.3 is 5.97 Å². The number of hydrogen-bond acceptors (Lipinski definition) is 5. The Morgan fingerprint density at radius 3 is 2.47 bits per heavy atom. The number of ether oxygens (including phenoxy) is 2. The number of amides is 1. The minimum atomic E-state index is -1.16. The van der Waals surface area contributed by atoms with Crippen molar-refractivity contribution in [3.05, 3.63) is 59.8 Å². The number of carbonyl (C=O) groups excluding carboxylic acids is 1. The monoisotopic (exact) mass is 464 g/mol. The number of carbonyl (C=O) groups is 2. The number of para-hydroxylation sites is 2. The first-order valence-corrected chi connectivity index (χ1v) is 12.0. The van der Waals surface area contributed by atoms with Crippen LogP contribution in [0.5, 0.6) is 11.5 Å². The highest BCUT2D eigenvalue weighted by Gasteiger charge is 2.18. The summed E-state index contributed by atoms with van der Waals surface area (Å²) in [7, 11) is 0. The highest BCUT2D eigenvalue weighted by atomic mass is 16.5. The van der Waals surface area contributed by atoms with Crippen LogP contribution in [0.2, 0.25) is 0 Å². The van der Waals surface area contributed by atoms with Crippen LogP contribution in [-0.4, -0.2) is 43.3 Å². The van der Waals surface area contributed by atoms with Crippen LogP contribution in [0.25, 0.3) is 6.08 Å². The molecule has 1 heterocycles. The van der Waals surface area contributed by atoms with Crippen LogP contribution in [0, 0.1) is 5.92 Å². The van der Waals surface area contributed by atoms with Crippen molar-refractivity contribution in [2.75, 3.05) is 31.2 Å². The fourth-order valence-electron chi connectivity index (χ4n) is 4.53. The second-order valence-electron chi connectivity index (χ2n) is 8.84. The van der Waals surface area contributed by atoms with Crippen LogP contribution in [0.1, 0.15) is 44.1 Å². The second-order valence-corrected chi connectivity index (χ2v) is 8.84. The van der Waals surface area contributed by atoms with Gasteiger partial charge in [-0.05, 0) is 48.2 Å². The predicted octanol–water partition coefficient (Wildman–Crippen LogP) is 4.83. The van der Waals surface area contributed by atoms with Gasteiger partial charge in [0.15, 0.2) is 5.75 Å². The average Bonchev–Trinajstić information content (AvgIpc) is 3.38. The third-order valence-corrected chi connectivity index (χ3v) is 6.39. The number of hydrogen-bond donors (Lipinski definition) is 2. The lowest BCUT2D eigenvalue weighted by Crippen LogP contribution is -2.36. The van der Waals surface area contributed by atoms with Gasteiger partial charge in [-0.1, -0.05) is 49.9 Å². The van der Waals surface area contributed by atoms with E-state index in [-0.39, 0.29) is 11.6 Å². The Kier molecular flexibility index (Phi) is 8.20. The van der Waals surface area contributed by atoms with E-state index in [1.54, 1.807) is 24.3 Å². The van der Waals surface area contributed by atoms with E-state index in [0.29, 0.717) is 36.9 Å². The van der Waals surface area contributed by atoms with Crippen LogP contribution in [-0.2, 0) is 14.3 Å². The van der Waals surface area contributed by atoms with Crippen molar-refractivity contribution < 1.29 is 24.2 Å². The number of nitrogens with one attached hydrogen (secondary N) is 1. The molecule has 34 heavy (non-hydrogen) atoms. The van der Waals surface area contributed by atoms with Gasteiger partial charge in [0.05, 0.1) is 18.9 Å². The van der Waals surface area contributed by atoms with Crippen molar-refractivity contribution in [2.45, 2.75) is 38.5 Å². The highest BCUT2D eigenvalue weighted by molar-refractivity contribution is 5.96. The minimum absolute atomic E-state index is 0.122. The smallest absolute Gasteiger partial charge is 0.352 e. The van der Waals surface area contributed by atoms with Gasteiger partial charge in [0.25, 0.3) is 0 Å². The zero-order chi connectivity index (χ0) is 23.8. The maximum Gasteiger partial charge on any atom is 0.352 e. The molecule has 0 aromatic heterocycles. The van der Waals surface area contributed by atoms with E-state index in [4.69, 9.17) is 9.47 Å². The topological polar surface area (TPSA) is 88.1 Å². The summed E-state index contributed by atoms with van der Waals surface area (Å²) in [4.78, 5) is 26.2. The highest BCUT2D eigenvalue weighted by Crippen LogP contribution is 2.33. The maximum atomic E-state index is 12.3. The van der Waals surface area contributed by atoms with E-state index in [1.165, 1.54) is 31.8 Å². The molecule has 1 saturated carbocycles. The van der Waals surface area contributed by atoms with Crippen LogP contribution < -0.4 is 15.0 Å². The Morgan fingerprint density at radius 1 is 1.06 bits per heavy atom. The Labute approximate surface area is 200 Å². The first-order valence-electron chi connectivity index (χ1n) is 12.0. The number of benzene rings is 2. The van der Waals surface area contributed by atoms with Gasteiger partial charge in [-0.2, -0.15) is 0 Å².